The molecule has 1 unspecified atom stereocenters. The molecule has 3 heterocycles. The van der Waals surface area contributed by atoms with E-state index in [9.17, 15) is 58.5 Å². The number of primary amides is 1. The van der Waals surface area contributed by atoms with Gasteiger partial charge in [0, 0.05) is 79.9 Å². The van der Waals surface area contributed by atoms with Crippen LogP contribution in [0.3, 0.4) is 0 Å². The van der Waals surface area contributed by atoms with Crippen LogP contribution in [0.4, 0.5) is 11.4 Å². The number of phenols is 1. The number of aromatic hydroxyl groups is 1. The molecule has 2 bridgehead atoms. The topological polar surface area (TPSA) is 301 Å². The van der Waals surface area contributed by atoms with Gasteiger partial charge in [0.1, 0.15) is 24.2 Å². The molecule has 0 saturated carbocycles. The molecule has 5 aliphatic rings. The average Bonchev–Trinajstić information content (AvgIpc) is 4.16. The Kier molecular flexibility index (Phi) is 18.1. The quantitative estimate of drug-likeness (QED) is 0.0115. The summed E-state index contributed by atoms with van der Waals surface area (Å²) in [5, 5.41) is 42.7. The number of aliphatic hydroxyl groups is 2. The van der Waals surface area contributed by atoms with Crippen molar-refractivity contribution in [3.8, 4) is 29.4 Å². The maximum atomic E-state index is 14.3. The fourth-order valence-electron chi connectivity index (χ4n) is 11.1. The van der Waals surface area contributed by atoms with Crippen LogP contribution in [0.2, 0.25) is 0 Å². The second kappa shape index (κ2) is 24.8. The number of thioether (sulfide) groups is 1. The number of anilines is 2. The SMILES string of the molecule is CSC1CC(=O)N(CCCC(=O)C[C@H](C(=O)N[C@@H](CCCCC(N)=O)C(=O)Cc2ccc(COC(=O)CCCNc3ccc4c(c3)C(=O)c3c(O)cc5c(c3C4=O)N[C@H]3C#C/C=C\C#C[C@@H](O)[C@@]54O[C@@]34[C@@H](C)O)cc2)C(C)C)C1=O. The molecule has 8 rings (SSSR count). The van der Waals surface area contributed by atoms with Gasteiger partial charge in [-0.25, -0.2) is 0 Å². The van der Waals surface area contributed by atoms with E-state index in [0.717, 1.165) is 0 Å². The van der Waals surface area contributed by atoms with Crippen LogP contribution in [0.5, 0.6) is 5.75 Å². The number of allylic oxidation sites excluding steroid dienone is 2. The van der Waals surface area contributed by atoms with Crippen LogP contribution in [0.25, 0.3) is 0 Å². The molecule has 8 N–H and O–H groups in total. The molecule has 2 fully saturated rings. The molecule has 3 aromatic carbocycles. The lowest BCUT2D eigenvalue weighted by atomic mass is 9.69. The summed E-state index contributed by atoms with van der Waals surface area (Å²) in [6.45, 7) is 5.51. The lowest BCUT2D eigenvalue weighted by Crippen LogP contribution is -2.54. The summed E-state index contributed by atoms with van der Waals surface area (Å²) in [5.41, 5.74) is 3.99. The van der Waals surface area contributed by atoms with E-state index >= 15 is 0 Å². The Morgan fingerprint density at radius 2 is 1.61 bits per heavy atom. The van der Waals surface area contributed by atoms with Crippen LogP contribution in [0.15, 0.2) is 60.7 Å². The highest BCUT2D eigenvalue weighted by Gasteiger charge is 2.82. The third kappa shape index (κ3) is 11.9. The van der Waals surface area contributed by atoms with Crippen molar-refractivity contribution in [2.45, 2.75) is 139 Å². The smallest absolute Gasteiger partial charge is 0.306 e. The minimum absolute atomic E-state index is 0.0343. The second-order valence-electron chi connectivity index (χ2n) is 21.1. The molecular weight excluding hydrogens is 1050 g/mol. The third-order valence-corrected chi connectivity index (χ3v) is 16.4. The summed E-state index contributed by atoms with van der Waals surface area (Å²) < 4.78 is 11.8. The van der Waals surface area contributed by atoms with Crippen LogP contribution in [0.1, 0.15) is 134 Å². The van der Waals surface area contributed by atoms with E-state index < -0.39 is 81.8 Å². The normalized spacial score (nSPS) is 22.5. The number of aliphatic hydroxyl groups excluding tert-OH is 2. The Morgan fingerprint density at radius 3 is 2.30 bits per heavy atom. The zero-order chi connectivity index (χ0) is 57.6. The number of unbranched alkanes of at least 4 members (excludes halogenated alkanes) is 1. The van der Waals surface area contributed by atoms with Gasteiger partial charge in [-0.3, -0.25) is 48.1 Å². The second-order valence-corrected chi connectivity index (χ2v) is 22.2. The summed E-state index contributed by atoms with van der Waals surface area (Å²) in [4.78, 5) is 119. The van der Waals surface area contributed by atoms with Crippen molar-refractivity contribution < 1.29 is 67.9 Å². The number of likely N-dealkylation sites (tertiary alicyclic amines) is 1. The number of nitrogens with zero attached hydrogens (tertiary/aromatic N) is 1. The number of ketones is 4. The number of Topliss-reactive ketones (excluding diaryl/α,β-unsaturated/α-hetero) is 2. The fourth-order valence-corrected chi connectivity index (χ4v) is 11.7. The van der Waals surface area contributed by atoms with Crippen molar-refractivity contribution in [3.05, 3.63) is 99.6 Å². The van der Waals surface area contributed by atoms with E-state index in [-0.39, 0.29) is 127 Å². The van der Waals surface area contributed by atoms with E-state index in [0.29, 0.717) is 42.6 Å². The largest absolute Gasteiger partial charge is 0.507 e. The standard InChI is InChI=1S/C60H65N5O14S/c1-33(2)40(29-38(67)13-12-26-65-50(72)31-46(80-4)58(65)77)57(76)63-43(14-9-10-17-49(61)71)44(68)27-35-19-21-36(22-20-35)32-78-51(73)18-11-25-62-37-23-24-39-41(28-37)56(75)52-45(69)30-42-54(53(52)55(39)74)64-47-15-7-5-6-8-16-48(70)60(42)59(47,79-60)34(3)66/h5-6,19-24,28,30,33-34,40,43,46-48,62,64,66,69-70H,9-14,17-18,25-27,29,31-32H2,1-4H3,(H2,61,71)(H,63,76)/b6-5-/t34-,40+,43+,46?,47+,48-,59+,60+/m1/s1. The molecule has 0 spiro atoms. The monoisotopic (exact) mass is 1110 g/mol. The van der Waals surface area contributed by atoms with E-state index in [4.69, 9.17) is 15.2 Å². The van der Waals surface area contributed by atoms with Crippen LogP contribution < -0.4 is 21.7 Å². The number of epoxide rings is 1. The van der Waals surface area contributed by atoms with E-state index in [1.165, 1.54) is 53.9 Å². The van der Waals surface area contributed by atoms with Crippen molar-refractivity contribution in [1.29, 1.82) is 0 Å². The molecule has 19 nitrogen and oxygen atoms in total. The molecule has 420 valence electrons. The van der Waals surface area contributed by atoms with Gasteiger partial charge in [-0.15, -0.1) is 0 Å². The van der Waals surface area contributed by atoms with Crippen LogP contribution >= 0.6 is 11.8 Å². The van der Waals surface area contributed by atoms with Crippen molar-refractivity contribution in [3.63, 3.8) is 0 Å². The molecule has 0 radical (unpaired) electrons. The van der Waals surface area contributed by atoms with Gasteiger partial charge >= 0.3 is 5.97 Å². The maximum Gasteiger partial charge on any atom is 0.306 e. The van der Waals surface area contributed by atoms with Crippen molar-refractivity contribution in [2.24, 2.45) is 17.6 Å². The number of esters is 1. The summed E-state index contributed by atoms with van der Waals surface area (Å²) in [5.74, 6) is 6.20. The maximum absolute atomic E-state index is 14.3. The number of carbonyl (C=O) groups is 9. The van der Waals surface area contributed by atoms with Gasteiger partial charge in [0.2, 0.25) is 23.6 Å². The molecule has 80 heavy (non-hydrogen) atoms. The van der Waals surface area contributed by atoms with Gasteiger partial charge in [-0.2, -0.15) is 11.8 Å². The number of nitrogens with one attached hydrogen (secondary N) is 3. The van der Waals surface area contributed by atoms with Gasteiger partial charge in [-0.1, -0.05) is 68.2 Å². The molecule has 4 amide bonds. The van der Waals surface area contributed by atoms with Gasteiger partial charge < -0.3 is 46.5 Å². The Morgan fingerprint density at radius 1 is 0.900 bits per heavy atom. The summed E-state index contributed by atoms with van der Waals surface area (Å²) in [6, 6.07) is 10.9. The number of fused-ring (bicyclic) bond motifs is 4. The highest BCUT2D eigenvalue weighted by Crippen LogP contribution is 2.67. The summed E-state index contributed by atoms with van der Waals surface area (Å²) >= 11 is 1.32. The number of amides is 4. The summed E-state index contributed by atoms with van der Waals surface area (Å²) in [7, 11) is 0. The van der Waals surface area contributed by atoms with E-state index in [2.05, 4.69) is 39.6 Å². The number of hydrogen-bond donors (Lipinski definition) is 7. The van der Waals surface area contributed by atoms with Gasteiger partial charge in [0.05, 0.1) is 34.2 Å². The first-order valence-corrected chi connectivity index (χ1v) is 28.1. The number of ether oxygens (including phenoxy) is 2. The first-order chi connectivity index (χ1) is 38.2. The number of imide groups is 1. The number of phenolic OH excluding ortho intramolecular Hbond substituents is 1. The van der Waals surface area contributed by atoms with Crippen LogP contribution in [-0.4, -0.2) is 127 Å². The minimum atomic E-state index is -1.69. The molecular formula is C60H65N5O14S. The third-order valence-electron chi connectivity index (χ3n) is 15.4. The van der Waals surface area contributed by atoms with Crippen molar-refractivity contribution >= 4 is 75.9 Å². The predicted octanol–water partition coefficient (Wildman–Crippen LogP) is 4.32. The molecule has 20 heteroatoms. The van der Waals surface area contributed by atoms with Gasteiger partial charge in [-0.05, 0) is 92.3 Å². The predicted molar refractivity (Wildman–Crippen MR) is 295 cm³/mol. The number of benzene rings is 3. The zero-order valence-electron chi connectivity index (χ0n) is 45.0. The Labute approximate surface area is 467 Å². The van der Waals surface area contributed by atoms with E-state index in [1.54, 1.807) is 36.6 Å². The number of carbonyl (C=O) groups excluding carboxylic acids is 9. The van der Waals surface area contributed by atoms with Gasteiger partial charge in [0.15, 0.2) is 34.7 Å². The lowest BCUT2D eigenvalue weighted by Gasteiger charge is -2.37. The summed E-state index contributed by atoms with van der Waals surface area (Å²) in [6.07, 6.45) is 4.02. The lowest BCUT2D eigenvalue weighted by molar-refractivity contribution is -0.145. The number of hydrogen-bond acceptors (Lipinski definition) is 17. The van der Waals surface area contributed by atoms with E-state index in [1.807, 2.05) is 13.8 Å². The fraction of sp³-hybridized carbons (Fsp3) is 0.450. The molecule has 8 atom stereocenters. The van der Waals surface area contributed by atoms with Crippen molar-refractivity contribution in [2.75, 3.05) is 30.0 Å². The zero-order valence-corrected chi connectivity index (χ0v) is 45.8. The number of nitrogens with two attached hydrogens (primary N) is 1. The van der Waals surface area contributed by atoms with Crippen molar-refractivity contribution in [1.82, 2.24) is 10.2 Å². The molecule has 3 aliphatic heterocycles. The van der Waals surface area contributed by atoms with Crippen LogP contribution in [-0.2, 0) is 61.7 Å². The van der Waals surface area contributed by atoms with Crippen LogP contribution in [0, 0.1) is 35.5 Å². The first-order valence-electron chi connectivity index (χ1n) is 26.8. The molecule has 0 aromatic heterocycles. The Balaban J connectivity index is 0.817. The number of rotatable bonds is 26. The molecule has 3 aromatic rings. The Bertz CT molecular complexity index is 3190. The highest BCUT2D eigenvalue weighted by molar-refractivity contribution is 8.00. The Hall–Kier alpha value is -7.62. The first kappa shape index (κ1) is 58.5. The van der Waals surface area contributed by atoms with Gasteiger partial charge in [0.25, 0.3) is 0 Å². The highest BCUT2D eigenvalue weighted by atomic mass is 32.2. The minimum Gasteiger partial charge on any atom is -0.507 e. The average molecular weight is 1110 g/mol. The molecule has 2 aliphatic carbocycles. The molecule has 2 saturated heterocycles.